The molecule has 2 aromatic carbocycles. The molecule has 23 heavy (non-hydrogen) atoms. The molecule has 4 heteroatoms. The maximum absolute atomic E-state index is 12.8. The van der Waals surface area contributed by atoms with Gasteiger partial charge in [-0.25, -0.2) is 4.79 Å². The second-order valence-electron chi connectivity index (χ2n) is 6.90. The number of hydrogen-bond donors (Lipinski definition) is 1. The highest BCUT2D eigenvalue weighted by molar-refractivity contribution is 6.01. The van der Waals surface area contributed by atoms with Crippen molar-refractivity contribution in [2.45, 2.75) is 18.9 Å². The standard InChI is InChI=1S/C19H23N3O/c1-21-11-14-9-10-16(21)13-22(12-14)19(23)20-18-8-4-6-15-5-2-3-7-17(15)18/h2-8,14,16H,9-13H2,1H3,(H,20,23)/t14-,16-/m1/s1. The summed E-state index contributed by atoms with van der Waals surface area (Å²) in [4.78, 5) is 17.2. The first-order chi connectivity index (χ1) is 11.2. The Morgan fingerprint density at radius 3 is 2.74 bits per heavy atom. The smallest absolute Gasteiger partial charge is 0.321 e. The highest BCUT2D eigenvalue weighted by Crippen LogP contribution is 2.28. The summed E-state index contributed by atoms with van der Waals surface area (Å²) >= 11 is 0. The number of hydrogen-bond acceptors (Lipinski definition) is 2. The van der Waals surface area contributed by atoms with Gasteiger partial charge < -0.3 is 15.1 Å². The van der Waals surface area contributed by atoms with Gasteiger partial charge in [-0.2, -0.15) is 0 Å². The quantitative estimate of drug-likeness (QED) is 0.876. The van der Waals surface area contributed by atoms with Crippen LogP contribution < -0.4 is 5.32 Å². The molecule has 2 bridgehead atoms. The molecular weight excluding hydrogens is 286 g/mol. The Morgan fingerprint density at radius 1 is 1.04 bits per heavy atom. The minimum atomic E-state index is 0.0357. The number of anilines is 1. The molecule has 0 radical (unpaired) electrons. The first kappa shape index (κ1) is 14.5. The summed E-state index contributed by atoms with van der Waals surface area (Å²) in [5.41, 5.74) is 0.901. The molecule has 0 spiro atoms. The first-order valence-corrected chi connectivity index (χ1v) is 8.44. The van der Waals surface area contributed by atoms with Gasteiger partial charge in [0.15, 0.2) is 0 Å². The van der Waals surface area contributed by atoms with Gasteiger partial charge in [-0.15, -0.1) is 0 Å². The van der Waals surface area contributed by atoms with Crippen LogP contribution in [0.5, 0.6) is 0 Å². The summed E-state index contributed by atoms with van der Waals surface area (Å²) in [6, 6.07) is 14.8. The number of likely N-dealkylation sites (N-methyl/N-ethyl adjacent to an activating group) is 1. The number of nitrogens with one attached hydrogen (secondary N) is 1. The van der Waals surface area contributed by atoms with Crippen LogP contribution in [0.4, 0.5) is 10.5 Å². The SMILES string of the molecule is CN1C[C@H]2CC[C@@H]1CN(C(=O)Nc1cccc3ccccc13)C2. The lowest BCUT2D eigenvalue weighted by atomic mass is 9.96. The number of piperidine rings is 1. The number of urea groups is 1. The van der Waals surface area contributed by atoms with Gasteiger partial charge >= 0.3 is 6.03 Å². The third kappa shape index (κ3) is 2.79. The van der Waals surface area contributed by atoms with Crippen LogP contribution in [0.15, 0.2) is 42.5 Å². The summed E-state index contributed by atoms with van der Waals surface area (Å²) in [5.74, 6) is 0.608. The number of fused-ring (bicyclic) bond motifs is 5. The lowest BCUT2D eigenvalue weighted by Crippen LogP contribution is -2.42. The Hall–Kier alpha value is -2.07. The predicted molar refractivity (Wildman–Crippen MR) is 93.7 cm³/mol. The zero-order chi connectivity index (χ0) is 15.8. The number of benzene rings is 2. The van der Waals surface area contributed by atoms with Crippen molar-refractivity contribution >= 4 is 22.5 Å². The van der Waals surface area contributed by atoms with E-state index in [0.717, 1.165) is 36.1 Å². The normalized spacial score (nSPS) is 24.7. The Morgan fingerprint density at radius 2 is 1.87 bits per heavy atom. The molecule has 2 aromatic rings. The van der Waals surface area contributed by atoms with Crippen LogP contribution in [-0.2, 0) is 0 Å². The van der Waals surface area contributed by atoms with Gasteiger partial charge in [0.2, 0.25) is 0 Å². The van der Waals surface area contributed by atoms with Crippen molar-refractivity contribution in [2.24, 2.45) is 5.92 Å². The summed E-state index contributed by atoms with van der Waals surface area (Å²) in [7, 11) is 2.18. The fourth-order valence-corrected chi connectivity index (χ4v) is 4.01. The molecule has 0 saturated carbocycles. The lowest BCUT2D eigenvalue weighted by molar-refractivity contribution is 0.166. The van der Waals surface area contributed by atoms with Crippen molar-refractivity contribution in [2.75, 3.05) is 32.0 Å². The van der Waals surface area contributed by atoms with Crippen LogP contribution in [0.1, 0.15) is 12.8 Å². The number of carbonyl (C=O) groups is 1. The molecule has 2 atom stereocenters. The molecule has 120 valence electrons. The fourth-order valence-electron chi connectivity index (χ4n) is 4.01. The molecule has 3 saturated heterocycles. The van der Waals surface area contributed by atoms with Crippen molar-refractivity contribution in [3.05, 3.63) is 42.5 Å². The van der Waals surface area contributed by atoms with Crippen molar-refractivity contribution in [1.82, 2.24) is 9.80 Å². The van der Waals surface area contributed by atoms with E-state index in [2.05, 4.69) is 35.5 Å². The van der Waals surface area contributed by atoms with E-state index < -0.39 is 0 Å². The predicted octanol–water partition coefficient (Wildman–Crippen LogP) is 3.40. The van der Waals surface area contributed by atoms with E-state index >= 15 is 0 Å². The highest BCUT2D eigenvalue weighted by Gasteiger charge is 2.34. The second-order valence-corrected chi connectivity index (χ2v) is 6.90. The second kappa shape index (κ2) is 5.85. The Bertz CT molecular complexity index is 724. The average Bonchev–Trinajstić information content (AvgIpc) is 2.86. The van der Waals surface area contributed by atoms with E-state index in [1.807, 2.05) is 29.2 Å². The third-order valence-corrected chi connectivity index (χ3v) is 5.31. The molecule has 1 N–H and O–H groups in total. The minimum Gasteiger partial charge on any atom is -0.323 e. The van der Waals surface area contributed by atoms with Gasteiger partial charge in [-0.1, -0.05) is 36.4 Å². The van der Waals surface area contributed by atoms with E-state index in [4.69, 9.17) is 0 Å². The van der Waals surface area contributed by atoms with Crippen molar-refractivity contribution < 1.29 is 4.79 Å². The largest absolute Gasteiger partial charge is 0.323 e. The van der Waals surface area contributed by atoms with Crippen LogP contribution in [-0.4, -0.2) is 48.6 Å². The molecule has 3 heterocycles. The van der Waals surface area contributed by atoms with E-state index in [1.54, 1.807) is 0 Å². The zero-order valence-electron chi connectivity index (χ0n) is 13.5. The van der Waals surface area contributed by atoms with E-state index in [1.165, 1.54) is 12.8 Å². The van der Waals surface area contributed by atoms with Gasteiger partial charge in [-0.05, 0) is 37.3 Å². The number of amides is 2. The molecule has 2 amide bonds. The van der Waals surface area contributed by atoms with Crippen LogP contribution in [0.3, 0.4) is 0 Å². The van der Waals surface area contributed by atoms with Crippen molar-refractivity contribution in [3.8, 4) is 0 Å². The maximum Gasteiger partial charge on any atom is 0.321 e. The lowest BCUT2D eigenvalue weighted by Gasteiger charge is -2.32. The zero-order valence-corrected chi connectivity index (χ0v) is 13.5. The molecule has 3 fully saturated rings. The maximum atomic E-state index is 12.8. The number of carbonyl (C=O) groups excluding carboxylic acids is 1. The molecule has 5 rings (SSSR count). The topological polar surface area (TPSA) is 35.6 Å². The van der Waals surface area contributed by atoms with Crippen LogP contribution >= 0.6 is 0 Å². The van der Waals surface area contributed by atoms with Gasteiger partial charge in [0.1, 0.15) is 0 Å². The van der Waals surface area contributed by atoms with Gasteiger partial charge in [0.05, 0.1) is 5.69 Å². The minimum absolute atomic E-state index is 0.0357. The van der Waals surface area contributed by atoms with Crippen molar-refractivity contribution in [1.29, 1.82) is 0 Å². The van der Waals surface area contributed by atoms with E-state index in [9.17, 15) is 4.79 Å². The van der Waals surface area contributed by atoms with Gasteiger partial charge in [0, 0.05) is 31.1 Å². The summed E-state index contributed by atoms with van der Waals surface area (Å²) in [5, 5.41) is 5.38. The Balaban J connectivity index is 1.55. The Kier molecular flexibility index (Phi) is 3.69. The summed E-state index contributed by atoms with van der Waals surface area (Å²) < 4.78 is 0. The molecule has 0 unspecified atom stereocenters. The van der Waals surface area contributed by atoms with Crippen LogP contribution in [0, 0.1) is 5.92 Å². The van der Waals surface area contributed by atoms with Gasteiger partial charge in [0.25, 0.3) is 0 Å². The molecule has 3 aliphatic heterocycles. The van der Waals surface area contributed by atoms with Crippen LogP contribution in [0.2, 0.25) is 0 Å². The molecular formula is C19H23N3O. The fraction of sp³-hybridized carbons (Fsp3) is 0.421. The molecule has 0 aliphatic carbocycles. The van der Waals surface area contributed by atoms with Gasteiger partial charge in [-0.3, -0.25) is 0 Å². The molecule has 0 aromatic heterocycles. The summed E-state index contributed by atoms with van der Waals surface area (Å²) in [6.45, 7) is 2.82. The van der Waals surface area contributed by atoms with Crippen LogP contribution in [0.25, 0.3) is 10.8 Å². The monoisotopic (exact) mass is 309 g/mol. The average molecular weight is 309 g/mol. The number of nitrogens with zero attached hydrogens (tertiary/aromatic N) is 2. The third-order valence-electron chi connectivity index (χ3n) is 5.31. The van der Waals surface area contributed by atoms with Crippen molar-refractivity contribution in [3.63, 3.8) is 0 Å². The number of rotatable bonds is 1. The first-order valence-electron chi connectivity index (χ1n) is 8.44. The molecule has 3 aliphatic rings. The highest BCUT2D eigenvalue weighted by atomic mass is 16.2. The summed E-state index contributed by atoms with van der Waals surface area (Å²) in [6.07, 6.45) is 2.45. The van der Waals surface area contributed by atoms with E-state index in [-0.39, 0.29) is 6.03 Å². The Labute approximate surface area is 137 Å². The molecule has 4 nitrogen and oxygen atoms in total. The van der Waals surface area contributed by atoms with E-state index in [0.29, 0.717) is 12.0 Å².